The normalized spacial score (nSPS) is 19.7. The Kier molecular flexibility index (Phi) is 4.55. The van der Waals surface area contributed by atoms with Crippen molar-refractivity contribution in [3.05, 3.63) is 53.5 Å². The van der Waals surface area contributed by atoms with Gasteiger partial charge in [-0.05, 0) is 43.0 Å². The number of carbonyl (C=O) groups excluding carboxylic acids is 1. The number of aldehydes is 1. The maximum Gasteiger partial charge on any atom is 0.416 e. The van der Waals surface area contributed by atoms with Gasteiger partial charge < -0.3 is 14.7 Å². The quantitative estimate of drug-likeness (QED) is 0.638. The van der Waals surface area contributed by atoms with Crippen LogP contribution in [-0.2, 0) is 11.0 Å². The van der Waals surface area contributed by atoms with Gasteiger partial charge in [0.05, 0.1) is 17.0 Å². The van der Waals surface area contributed by atoms with Crippen LogP contribution in [0.25, 0.3) is 11.0 Å². The first-order valence-corrected chi connectivity index (χ1v) is 10.3. The minimum Gasteiger partial charge on any atom is -0.353 e. The van der Waals surface area contributed by atoms with Gasteiger partial charge in [0.25, 0.3) is 0 Å². The van der Waals surface area contributed by atoms with Crippen LogP contribution in [0, 0.1) is 6.92 Å². The highest BCUT2D eigenvalue weighted by molar-refractivity contribution is 5.90. The number of H-pyrrole nitrogens is 1. The van der Waals surface area contributed by atoms with E-state index in [1.165, 1.54) is 12.1 Å². The summed E-state index contributed by atoms with van der Waals surface area (Å²) in [7, 11) is 0. The monoisotopic (exact) mass is 429 g/mol. The topological polar surface area (TPSA) is 65.1 Å². The summed E-state index contributed by atoms with van der Waals surface area (Å²) in [6, 6.07) is 4.37. The molecule has 2 aliphatic rings. The zero-order valence-electron chi connectivity index (χ0n) is 17.0. The highest BCUT2D eigenvalue weighted by Gasteiger charge is 2.54. The Bertz CT molecular complexity index is 1120. The van der Waals surface area contributed by atoms with Crippen molar-refractivity contribution in [2.24, 2.45) is 0 Å². The maximum absolute atomic E-state index is 12.9. The van der Waals surface area contributed by atoms with E-state index < -0.39 is 17.8 Å². The van der Waals surface area contributed by atoms with E-state index >= 15 is 0 Å². The number of anilines is 1. The molecule has 1 atom stereocenters. The van der Waals surface area contributed by atoms with E-state index in [1.54, 1.807) is 6.33 Å². The van der Waals surface area contributed by atoms with Crippen LogP contribution in [-0.4, -0.2) is 51.3 Å². The van der Waals surface area contributed by atoms with Crippen LogP contribution < -0.4 is 4.90 Å². The molecule has 2 fully saturated rings. The standard InChI is InChI=1S/C22H22F3N5O/c1-14-10-26-19-18(14)20(28-13-27-19)29-8-9-30(21(12-29)6-7-21)17(11-31)15-2-4-16(5-3-15)22(23,24)25/h2-5,10-11,13,17H,6-9,12H2,1H3,(H,26,27,28). The van der Waals surface area contributed by atoms with Gasteiger partial charge >= 0.3 is 6.18 Å². The number of nitrogens with zero attached hydrogens (tertiary/aromatic N) is 4. The van der Waals surface area contributed by atoms with Gasteiger partial charge in [-0.15, -0.1) is 0 Å². The molecule has 9 heteroatoms. The third kappa shape index (κ3) is 3.37. The van der Waals surface area contributed by atoms with Crippen molar-refractivity contribution in [2.45, 2.75) is 37.5 Å². The highest BCUT2D eigenvalue weighted by Crippen LogP contribution is 2.48. The lowest BCUT2D eigenvalue weighted by molar-refractivity contribution is -0.137. The number of hydrogen-bond acceptors (Lipinski definition) is 5. The molecule has 31 heavy (non-hydrogen) atoms. The second-order valence-corrected chi connectivity index (χ2v) is 8.43. The number of alkyl halides is 3. The first-order valence-electron chi connectivity index (χ1n) is 10.3. The summed E-state index contributed by atoms with van der Waals surface area (Å²) < 4.78 is 38.7. The lowest BCUT2D eigenvalue weighted by atomic mass is 9.99. The molecule has 6 nitrogen and oxygen atoms in total. The molecule has 1 unspecified atom stereocenters. The molecular formula is C22H22F3N5O. The Hall–Kier alpha value is -2.94. The van der Waals surface area contributed by atoms with Crippen molar-refractivity contribution in [2.75, 3.05) is 24.5 Å². The van der Waals surface area contributed by atoms with E-state index in [0.29, 0.717) is 25.2 Å². The summed E-state index contributed by atoms with van der Waals surface area (Å²) in [5, 5.41) is 1.00. The van der Waals surface area contributed by atoms with Gasteiger partial charge in [0.15, 0.2) is 0 Å². The van der Waals surface area contributed by atoms with Crippen molar-refractivity contribution >= 4 is 23.1 Å². The van der Waals surface area contributed by atoms with Crippen LogP contribution in [0.2, 0.25) is 0 Å². The highest BCUT2D eigenvalue weighted by atomic mass is 19.4. The van der Waals surface area contributed by atoms with Gasteiger partial charge in [0, 0.05) is 31.4 Å². The van der Waals surface area contributed by atoms with E-state index in [-0.39, 0.29) is 5.54 Å². The molecule has 1 spiro atoms. The van der Waals surface area contributed by atoms with Crippen molar-refractivity contribution in [1.82, 2.24) is 19.9 Å². The molecule has 3 heterocycles. The van der Waals surface area contributed by atoms with E-state index in [4.69, 9.17) is 0 Å². The molecule has 1 N–H and O–H groups in total. The van der Waals surface area contributed by atoms with Crippen molar-refractivity contribution in [1.29, 1.82) is 0 Å². The van der Waals surface area contributed by atoms with Crippen LogP contribution in [0.1, 0.15) is 35.6 Å². The number of aromatic amines is 1. The fraction of sp³-hybridized carbons (Fsp3) is 0.409. The fourth-order valence-electron chi connectivity index (χ4n) is 4.73. The van der Waals surface area contributed by atoms with Gasteiger partial charge in [-0.2, -0.15) is 13.2 Å². The van der Waals surface area contributed by atoms with Gasteiger partial charge in [-0.1, -0.05) is 12.1 Å². The average molecular weight is 429 g/mol. The molecule has 1 aliphatic carbocycles. The molecule has 162 valence electrons. The number of fused-ring (bicyclic) bond motifs is 1. The number of rotatable bonds is 4. The molecule has 0 radical (unpaired) electrons. The summed E-state index contributed by atoms with van der Waals surface area (Å²) in [5.41, 5.74) is 1.59. The molecule has 2 aromatic heterocycles. The lowest BCUT2D eigenvalue weighted by Gasteiger charge is -2.45. The van der Waals surface area contributed by atoms with E-state index in [2.05, 4.69) is 24.8 Å². The molecule has 1 saturated carbocycles. The second-order valence-electron chi connectivity index (χ2n) is 8.43. The smallest absolute Gasteiger partial charge is 0.353 e. The molecule has 3 aromatic rings. The van der Waals surface area contributed by atoms with Gasteiger partial charge in [-0.25, -0.2) is 9.97 Å². The van der Waals surface area contributed by atoms with Crippen LogP contribution in [0.5, 0.6) is 0 Å². The third-order valence-electron chi connectivity index (χ3n) is 6.52. The van der Waals surface area contributed by atoms with Crippen LogP contribution >= 0.6 is 0 Å². The Morgan fingerprint density at radius 2 is 1.90 bits per heavy atom. The summed E-state index contributed by atoms with van der Waals surface area (Å²) in [6.45, 7) is 4.03. The fourth-order valence-corrected chi connectivity index (χ4v) is 4.73. The minimum absolute atomic E-state index is 0.173. The van der Waals surface area contributed by atoms with Crippen molar-refractivity contribution in [3.63, 3.8) is 0 Å². The zero-order chi connectivity index (χ0) is 21.8. The predicted molar refractivity (Wildman–Crippen MR) is 110 cm³/mol. The third-order valence-corrected chi connectivity index (χ3v) is 6.52. The average Bonchev–Trinajstić information content (AvgIpc) is 3.42. The number of piperazine rings is 1. The van der Waals surface area contributed by atoms with Crippen molar-refractivity contribution in [3.8, 4) is 0 Å². The maximum atomic E-state index is 12.9. The molecule has 1 aliphatic heterocycles. The van der Waals surface area contributed by atoms with Crippen LogP contribution in [0.3, 0.4) is 0 Å². The molecule has 0 bridgehead atoms. The number of carbonyl (C=O) groups is 1. The Morgan fingerprint density at radius 3 is 2.55 bits per heavy atom. The number of aromatic nitrogens is 3. The number of hydrogen-bond donors (Lipinski definition) is 1. The number of halogens is 3. The molecule has 5 rings (SSSR count). The number of nitrogens with one attached hydrogen (secondary N) is 1. The SMILES string of the molecule is Cc1c[nH]c2ncnc(N3CCN(C(C=O)c4ccc(C(F)(F)F)cc4)C4(CC4)C3)c12. The largest absolute Gasteiger partial charge is 0.416 e. The van der Waals surface area contributed by atoms with Crippen molar-refractivity contribution < 1.29 is 18.0 Å². The van der Waals surface area contributed by atoms with Gasteiger partial charge in [0.2, 0.25) is 0 Å². The predicted octanol–water partition coefficient (Wildman–Crippen LogP) is 3.88. The minimum atomic E-state index is -4.39. The Morgan fingerprint density at radius 1 is 1.16 bits per heavy atom. The zero-order valence-corrected chi connectivity index (χ0v) is 17.0. The molecule has 1 saturated heterocycles. The van der Waals surface area contributed by atoms with Crippen LogP contribution in [0.15, 0.2) is 36.8 Å². The van der Waals surface area contributed by atoms with Crippen LogP contribution in [0.4, 0.5) is 19.0 Å². The summed E-state index contributed by atoms with van der Waals surface area (Å²) in [5.74, 6) is 0.881. The summed E-state index contributed by atoms with van der Waals surface area (Å²) in [4.78, 5) is 28.4. The Labute approximate surface area is 177 Å². The van der Waals surface area contributed by atoms with Gasteiger partial charge in [0.1, 0.15) is 24.1 Å². The molecule has 1 aromatic carbocycles. The molecule has 0 amide bonds. The van der Waals surface area contributed by atoms with Gasteiger partial charge in [-0.3, -0.25) is 4.90 Å². The summed E-state index contributed by atoms with van der Waals surface area (Å²) >= 11 is 0. The number of benzene rings is 1. The Balaban J connectivity index is 1.41. The van der Waals surface area contributed by atoms with E-state index in [1.807, 2.05) is 13.1 Å². The number of aryl methyl sites for hydroxylation is 1. The summed E-state index contributed by atoms with van der Waals surface area (Å²) in [6.07, 6.45) is 1.80. The first-order chi connectivity index (χ1) is 14.8. The molecular weight excluding hydrogens is 407 g/mol. The van der Waals surface area contributed by atoms with E-state index in [9.17, 15) is 18.0 Å². The first kappa shape index (κ1) is 20.0. The van der Waals surface area contributed by atoms with E-state index in [0.717, 1.165) is 53.7 Å². The second kappa shape index (κ2) is 7.05. The lowest BCUT2D eigenvalue weighted by Crippen LogP contribution is -2.56.